The SMILES string of the molecule is CC[C@H](C(=O)NCc1cc(C2CC2)cnc1OC)c1ccc(F)cc1. The van der Waals surface area contributed by atoms with E-state index in [1.807, 2.05) is 13.1 Å². The maximum atomic E-state index is 13.1. The Morgan fingerprint density at radius 3 is 2.68 bits per heavy atom. The molecule has 1 aliphatic carbocycles. The van der Waals surface area contributed by atoms with Crippen LogP contribution in [0.2, 0.25) is 0 Å². The zero-order valence-corrected chi connectivity index (χ0v) is 14.6. The van der Waals surface area contributed by atoms with Gasteiger partial charge in [-0.1, -0.05) is 19.1 Å². The second-order valence-corrected chi connectivity index (χ2v) is 6.44. The number of aromatic nitrogens is 1. The van der Waals surface area contributed by atoms with E-state index in [2.05, 4.69) is 16.4 Å². The Morgan fingerprint density at radius 1 is 1.36 bits per heavy atom. The van der Waals surface area contributed by atoms with E-state index < -0.39 is 0 Å². The molecule has 1 aliphatic rings. The van der Waals surface area contributed by atoms with Gasteiger partial charge in [0.25, 0.3) is 0 Å². The van der Waals surface area contributed by atoms with Crippen LogP contribution in [-0.2, 0) is 11.3 Å². The first kappa shape index (κ1) is 17.4. The van der Waals surface area contributed by atoms with Crippen molar-refractivity contribution in [3.05, 3.63) is 59.0 Å². The predicted octanol–water partition coefficient (Wildman–Crippen LogP) is 3.92. The minimum absolute atomic E-state index is 0.0759. The number of benzene rings is 1. The van der Waals surface area contributed by atoms with Gasteiger partial charge >= 0.3 is 0 Å². The third kappa shape index (κ3) is 4.16. The molecule has 1 amide bonds. The number of pyridine rings is 1. The summed E-state index contributed by atoms with van der Waals surface area (Å²) in [7, 11) is 1.58. The molecule has 1 heterocycles. The van der Waals surface area contributed by atoms with Gasteiger partial charge in [-0.3, -0.25) is 4.79 Å². The van der Waals surface area contributed by atoms with Gasteiger partial charge in [-0.05, 0) is 54.5 Å². The normalized spacial score (nSPS) is 14.8. The highest BCUT2D eigenvalue weighted by atomic mass is 19.1. The van der Waals surface area contributed by atoms with Crippen molar-refractivity contribution in [1.29, 1.82) is 0 Å². The molecule has 2 aromatic rings. The molecular formula is C20H23FN2O2. The minimum atomic E-state index is -0.300. The third-order valence-corrected chi connectivity index (χ3v) is 4.64. The summed E-state index contributed by atoms with van der Waals surface area (Å²) in [5.41, 5.74) is 2.91. The molecule has 1 fully saturated rings. The number of hydrogen-bond donors (Lipinski definition) is 1. The summed E-state index contributed by atoms with van der Waals surface area (Å²) < 4.78 is 18.4. The lowest BCUT2D eigenvalue weighted by atomic mass is 9.95. The van der Waals surface area contributed by atoms with Crippen LogP contribution in [0.1, 0.15) is 54.7 Å². The van der Waals surface area contributed by atoms with E-state index in [1.165, 1.54) is 30.5 Å². The number of nitrogens with one attached hydrogen (secondary N) is 1. The molecule has 5 heteroatoms. The molecule has 0 saturated heterocycles. The van der Waals surface area contributed by atoms with Gasteiger partial charge in [0.2, 0.25) is 11.8 Å². The van der Waals surface area contributed by atoms with E-state index in [0.29, 0.717) is 24.8 Å². The Bertz CT molecular complexity index is 742. The first-order valence-electron chi connectivity index (χ1n) is 8.68. The first-order chi connectivity index (χ1) is 12.1. The lowest BCUT2D eigenvalue weighted by Crippen LogP contribution is -2.29. The predicted molar refractivity (Wildman–Crippen MR) is 94.0 cm³/mol. The zero-order chi connectivity index (χ0) is 17.8. The first-order valence-corrected chi connectivity index (χ1v) is 8.68. The van der Waals surface area contributed by atoms with Crippen molar-refractivity contribution in [3.8, 4) is 5.88 Å². The molecule has 0 radical (unpaired) electrons. The van der Waals surface area contributed by atoms with Gasteiger partial charge in [0, 0.05) is 18.3 Å². The van der Waals surface area contributed by atoms with Crippen molar-refractivity contribution < 1.29 is 13.9 Å². The van der Waals surface area contributed by atoms with Crippen LogP contribution < -0.4 is 10.1 Å². The monoisotopic (exact) mass is 342 g/mol. The van der Waals surface area contributed by atoms with Crippen LogP contribution in [0.4, 0.5) is 4.39 Å². The number of methoxy groups -OCH3 is 1. The molecule has 1 aromatic carbocycles. The van der Waals surface area contributed by atoms with Crippen LogP contribution in [0.15, 0.2) is 36.5 Å². The van der Waals surface area contributed by atoms with Crippen LogP contribution in [0, 0.1) is 5.82 Å². The van der Waals surface area contributed by atoms with Gasteiger partial charge in [-0.25, -0.2) is 9.37 Å². The van der Waals surface area contributed by atoms with Crippen molar-refractivity contribution in [1.82, 2.24) is 10.3 Å². The van der Waals surface area contributed by atoms with Gasteiger partial charge in [-0.15, -0.1) is 0 Å². The smallest absolute Gasteiger partial charge is 0.227 e. The maximum Gasteiger partial charge on any atom is 0.227 e. The van der Waals surface area contributed by atoms with Crippen molar-refractivity contribution in [2.75, 3.05) is 7.11 Å². The Labute approximate surface area is 147 Å². The number of hydrogen-bond acceptors (Lipinski definition) is 3. The average Bonchev–Trinajstić information content (AvgIpc) is 3.47. The van der Waals surface area contributed by atoms with Gasteiger partial charge in [-0.2, -0.15) is 0 Å². The van der Waals surface area contributed by atoms with Gasteiger partial charge in [0.05, 0.1) is 13.0 Å². The van der Waals surface area contributed by atoms with Crippen LogP contribution in [0.25, 0.3) is 0 Å². The summed E-state index contributed by atoms with van der Waals surface area (Å²) in [5, 5.41) is 2.97. The highest BCUT2D eigenvalue weighted by Crippen LogP contribution is 2.40. The molecule has 3 rings (SSSR count). The molecule has 132 valence electrons. The van der Waals surface area contributed by atoms with Crippen molar-refractivity contribution in [3.63, 3.8) is 0 Å². The lowest BCUT2D eigenvalue weighted by Gasteiger charge is -2.16. The van der Waals surface area contributed by atoms with E-state index >= 15 is 0 Å². The third-order valence-electron chi connectivity index (χ3n) is 4.64. The molecule has 4 nitrogen and oxygen atoms in total. The van der Waals surface area contributed by atoms with Gasteiger partial charge in [0.1, 0.15) is 5.82 Å². The molecule has 1 aromatic heterocycles. The number of ether oxygens (including phenoxy) is 1. The van der Waals surface area contributed by atoms with Crippen molar-refractivity contribution >= 4 is 5.91 Å². The number of nitrogens with zero attached hydrogens (tertiary/aromatic N) is 1. The Hall–Kier alpha value is -2.43. The summed E-state index contributed by atoms with van der Waals surface area (Å²) in [4.78, 5) is 17.0. The summed E-state index contributed by atoms with van der Waals surface area (Å²) in [6.07, 6.45) is 4.90. The van der Waals surface area contributed by atoms with Gasteiger partial charge in [0.15, 0.2) is 0 Å². The summed E-state index contributed by atoms with van der Waals surface area (Å²) in [6, 6.07) is 8.18. The van der Waals surface area contributed by atoms with E-state index in [0.717, 1.165) is 11.1 Å². The van der Waals surface area contributed by atoms with Gasteiger partial charge < -0.3 is 10.1 Å². The highest BCUT2D eigenvalue weighted by Gasteiger charge is 2.25. The molecule has 0 unspecified atom stereocenters. The number of carbonyl (C=O) groups excluding carboxylic acids is 1. The standard InChI is InChI=1S/C20H23FN2O2/c1-3-18(14-6-8-17(21)9-7-14)19(24)22-12-16-10-15(13-4-5-13)11-23-20(16)25-2/h6-11,13,18H,3-5,12H2,1-2H3,(H,22,24)/t18-/m0/s1. The largest absolute Gasteiger partial charge is 0.481 e. The highest BCUT2D eigenvalue weighted by molar-refractivity contribution is 5.83. The van der Waals surface area contributed by atoms with E-state index in [9.17, 15) is 9.18 Å². The Balaban J connectivity index is 1.70. The van der Waals surface area contributed by atoms with Crippen LogP contribution in [0.3, 0.4) is 0 Å². The number of carbonyl (C=O) groups is 1. The summed E-state index contributed by atoms with van der Waals surface area (Å²) in [6.45, 7) is 2.32. The number of halogens is 1. The molecule has 1 atom stereocenters. The lowest BCUT2D eigenvalue weighted by molar-refractivity contribution is -0.122. The van der Waals surface area contributed by atoms with E-state index in [4.69, 9.17) is 4.74 Å². The van der Waals surface area contributed by atoms with Crippen molar-refractivity contribution in [2.45, 2.75) is 44.6 Å². The fraction of sp³-hybridized carbons (Fsp3) is 0.400. The minimum Gasteiger partial charge on any atom is -0.481 e. The molecule has 1 saturated carbocycles. The van der Waals surface area contributed by atoms with Crippen molar-refractivity contribution in [2.24, 2.45) is 0 Å². The number of rotatable bonds is 7. The Morgan fingerprint density at radius 2 is 2.08 bits per heavy atom. The maximum absolute atomic E-state index is 13.1. The fourth-order valence-corrected chi connectivity index (χ4v) is 3.04. The summed E-state index contributed by atoms with van der Waals surface area (Å²) in [5.74, 6) is 0.459. The molecule has 25 heavy (non-hydrogen) atoms. The van der Waals surface area contributed by atoms with Crippen LogP contribution in [-0.4, -0.2) is 18.0 Å². The Kier molecular flexibility index (Phi) is 5.31. The second kappa shape index (κ2) is 7.64. The molecule has 0 aliphatic heterocycles. The number of amides is 1. The van der Waals surface area contributed by atoms with Crippen LogP contribution >= 0.6 is 0 Å². The van der Waals surface area contributed by atoms with E-state index in [1.54, 1.807) is 19.2 Å². The average molecular weight is 342 g/mol. The quantitative estimate of drug-likeness (QED) is 0.830. The second-order valence-electron chi connectivity index (χ2n) is 6.44. The van der Waals surface area contributed by atoms with Crippen LogP contribution in [0.5, 0.6) is 5.88 Å². The van der Waals surface area contributed by atoms with E-state index in [-0.39, 0.29) is 17.6 Å². The summed E-state index contributed by atoms with van der Waals surface area (Å²) >= 11 is 0. The molecule has 0 spiro atoms. The molecular weight excluding hydrogens is 319 g/mol. The molecule has 1 N–H and O–H groups in total. The molecule has 0 bridgehead atoms. The fourth-order valence-electron chi connectivity index (χ4n) is 3.04. The zero-order valence-electron chi connectivity index (χ0n) is 14.6. The topological polar surface area (TPSA) is 51.2 Å².